The number of hydrogen-bond donors (Lipinski definition) is 1. The van der Waals surface area contributed by atoms with Crippen LogP contribution < -0.4 is 5.32 Å². The van der Waals surface area contributed by atoms with Crippen molar-refractivity contribution in [2.75, 3.05) is 12.4 Å². The predicted octanol–water partition coefficient (Wildman–Crippen LogP) is 2.73. The van der Waals surface area contributed by atoms with Crippen LogP contribution in [0.4, 0.5) is 15.8 Å². The molecule has 1 aromatic carbocycles. The van der Waals surface area contributed by atoms with Crippen molar-refractivity contribution in [1.29, 1.82) is 0 Å². The number of nitro groups is 1. The van der Waals surface area contributed by atoms with Crippen molar-refractivity contribution >= 4 is 17.3 Å². The lowest BCUT2D eigenvalue weighted by Crippen LogP contribution is -2.01. The first-order chi connectivity index (χ1) is 10.0. The van der Waals surface area contributed by atoms with E-state index in [1.54, 1.807) is 0 Å². The van der Waals surface area contributed by atoms with Gasteiger partial charge in [-0.15, -0.1) is 0 Å². The topological polar surface area (TPSA) is 94.6 Å². The molecule has 1 aromatic heterocycles. The number of nitrogens with one attached hydrogen (secondary N) is 1. The van der Waals surface area contributed by atoms with E-state index in [0.29, 0.717) is 11.4 Å². The monoisotopic (exact) mass is 294 g/mol. The summed E-state index contributed by atoms with van der Waals surface area (Å²) in [7, 11) is 1.25. The summed E-state index contributed by atoms with van der Waals surface area (Å²) in [6.45, 7) is 0.180. The van der Waals surface area contributed by atoms with Crippen molar-refractivity contribution in [2.45, 2.75) is 6.54 Å². The number of carbonyl (C=O) groups excluding carboxylic acids is 1. The minimum Gasteiger partial charge on any atom is -0.467 e. The van der Waals surface area contributed by atoms with E-state index in [2.05, 4.69) is 10.1 Å². The van der Waals surface area contributed by atoms with Gasteiger partial charge in [0, 0.05) is 11.8 Å². The highest BCUT2D eigenvalue weighted by molar-refractivity contribution is 5.89. The SMILES string of the molecule is COC(=O)c1coc(CNc2ccc(F)c([N+](=O)[O-])c2)c1. The molecule has 1 heterocycles. The second kappa shape index (κ2) is 6.04. The van der Waals surface area contributed by atoms with Gasteiger partial charge in [-0.25, -0.2) is 4.79 Å². The van der Waals surface area contributed by atoms with Crippen LogP contribution >= 0.6 is 0 Å². The molecule has 0 radical (unpaired) electrons. The third-order valence-electron chi connectivity index (χ3n) is 2.68. The second-order valence-electron chi connectivity index (χ2n) is 4.07. The number of benzene rings is 1. The summed E-state index contributed by atoms with van der Waals surface area (Å²) in [6, 6.07) is 4.94. The van der Waals surface area contributed by atoms with E-state index in [-0.39, 0.29) is 12.1 Å². The molecule has 1 N–H and O–H groups in total. The van der Waals surface area contributed by atoms with Crippen molar-refractivity contribution in [3.63, 3.8) is 0 Å². The lowest BCUT2D eigenvalue weighted by atomic mass is 10.2. The van der Waals surface area contributed by atoms with E-state index in [1.165, 1.54) is 25.5 Å². The van der Waals surface area contributed by atoms with E-state index in [1.807, 2.05) is 0 Å². The fourth-order valence-corrected chi connectivity index (χ4v) is 1.65. The number of furan rings is 1. The van der Waals surface area contributed by atoms with E-state index >= 15 is 0 Å². The summed E-state index contributed by atoms with van der Waals surface area (Å²) in [6.07, 6.45) is 1.25. The third kappa shape index (κ3) is 3.35. The Morgan fingerprint density at radius 1 is 1.48 bits per heavy atom. The second-order valence-corrected chi connectivity index (χ2v) is 4.07. The van der Waals surface area contributed by atoms with Crippen molar-refractivity contribution in [3.05, 3.63) is 57.8 Å². The van der Waals surface area contributed by atoms with Gasteiger partial charge in [-0.05, 0) is 18.2 Å². The summed E-state index contributed by atoms with van der Waals surface area (Å²) in [5, 5.41) is 13.5. The summed E-state index contributed by atoms with van der Waals surface area (Å²) in [5.74, 6) is -0.999. The normalized spacial score (nSPS) is 10.2. The zero-order valence-corrected chi connectivity index (χ0v) is 11.0. The van der Waals surface area contributed by atoms with Crippen LogP contribution in [0.3, 0.4) is 0 Å². The number of nitrogens with zero attached hydrogens (tertiary/aromatic N) is 1. The summed E-state index contributed by atoms with van der Waals surface area (Å²) in [5.41, 5.74) is 0.00759. The quantitative estimate of drug-likeness (QED) is 0.517. The zero-order chi connectivity index (χ0) is 15.4. The number of halogens is 1. The molecule has 110 valence electrons. The lowest BCUT2D eigenvalue weighted by Gasteiger charge is -2.04. The maximum absolute atomic E-state index is 13.2. The lowest BCUT2D eigenvalue weighted by molar-refractivity contribution is -0.387. The minimum absolute atomic E-state index is 0.180. The average molecular weight is 294 g/mol. The molecule has 0 aliphatic carbocycles. The molecule has 2 aromatic rings. The van der Waals surface area contributed by atoms with Gasteiger partial charge >= 0.3 is 11.7 Å². The highest BCUT2D eigenvalue weighted by atomic mass is 19.1. The van der Waals surface area contributed by atoms with Crippen LogP contribution in [0.2, 0.25) is 0 Å². The Bertz CT molecular complexity index is 683. The molecule has 0 unspecified atom stereocenters. The fraction of sp³-hybridized carbons (Fsp3) is 0.154. The van der Waals surface area contributed by atoms with Gasteiger partial charge in [0.15, 0.2) is 0 Å². The largest absolute Gasteiger partial charge is 0.467 e. The Balaban J connectivity index is 2.06. The minimum atomic E-state index is -0.906. The molecule has 2 rings (SSSR count). The van der Waals surface area contributed by atoms with Gasteiger partial charge in [-0.2, -0.15) is 4.39 Å². The average Bonchev–Trinajstić information content (AvgIpc) is 2.94. The molecule has 0 spiro atoms. The molecule has 21 heavy (non-hydrogen) atoms. The summed E-state index contributed by atoms with van der Waals surface area (Å²) >= 11 is 0. The highest BCUT2D eigenvalue weighted by Gasteiger charge is 2.15. The number of esters is 1. The van der Waals surface area contributed by atoms with Crippen molar-refractivity contribution < 1.29 is 23.3 Å². The maximum Gasteiger partial charge on any atom is 0.341 e. The first kappa shape index (κ1) is 14.5. The first-order valence-electron chi connectivity index (χ1n) is 5.85. The first-order valence-corrected chi connectivity index (χ1v) is 5.85. The molecule has 0 saturated carbocycles. The Morgan fingerprint density at radius 2 is 2.24 bits per heavy atom. The molecule has 8 heteroatoms. The van der Waals surface area contributed by atoms with Crippen molar-refractivity contribution in [1.82, 2.24) is 0 Å². The Kier molecular flexibility index (Phi) is 4.17. The van der Waals surface area contributed by atoms with Crippen LogP contribution in [0, 0.1) is 15.9 Å². The van der Waals surface area contributed by atoms with Crippen molar-refractivity contribution in [3.8, 4) is 0 Å². The van der Waals surface area contributed by atoms with Crippen LogP contribution in [0.25, 0.3) is 0 Å². The summed E-state index contributed by atoms with van der Waals surface area (Å²) in [4.78, 5) is 21.1. The molecular formula is C13H11FN2O5. The molecule has 0 atom stereocenters. The van der Waals surface area contributed by atoms with Gasteiger partial charge in [0.25, 0.3) is 0 Å². The Hall–Kier alpha value is -2.90. The van der Waals surface area contributed by atoms with E-state index in [9.17, 15) is 19.3 Å². The third-order valence-corrected chi connectivity index (χ3v) is 2.68. The van der Waals surface area contributed by atoms with E-state index in [0.717, 1.165) is 12.1 Å². The summed E-state index contributed by atoms with van der Waals surface area (Å²) < 4.78 is 22.8. The number of nitro benzene ring substituents is 1. The number of methoxy groups -OCH3 is 1. The van der Waals surface area contributed by atoms with Crippen LogP contribution in [-0.2, 0) is 11.3 Å². The van der Waals surface area contributed by atoms with Gasteiger partial charge in [0.2, 0.25) is 5.82 Å². The van der Waals surface area contributed by atoms with Crippen LogP contribution in [-0.4, -0.2) is 18.0 Å². The van der Waals surface area contributed by atoms with Crippen LogP contribution in [0.15, 0.2) is 34.9 Å². The van der Waals surface area contributed by atoms with Gasteiger partial charge in [0.05, 0.1) is 24.1 Å². The number of carbonyl (C=O) groups is 1. The number of hydrogen-bond acceptors (Lipinski definition) is 6. The molecule has 0 bridgehead atoms. The number of anilines is 1. The maximum atomic E-state index is 13.2. The molecule has 0 saturated heterocycles. The molecular weight excluding hydrogens is 283 g/mol. The molecule has 0 amide bonds. The molecule has 0 aliphatic heterocycles. The standard InChI is InChI=1S/C13H11FN2O5/c1-20-13(17)8-4-10(21-7-8)6-15-9-2-3-11(14)12(5-9)16(18)19/h2-5,7,15H,6H2,1H3. The van der Waals surface area contributed by atoms with Gasteiger partial charge in [-0.1, -0.05) is 0 Å². The van der Waals surface area contributed by atoms with Gasteiger partial charge in [0.1, 0.15) is 12.0 Å². The zero-order valence-electron chi connectivity index (χ0n) is 11.0. The van der Waals surface area contributed by atoms with Gasteiger partial charge < -0.3 is 14.5 Å². The predicted molar refractivity (Wildman–Crippen MR) is 70.4 cm³/mol. The molecule has 7 nitrogen and oxygen atoms in total. The highest BCUT2D eigenvalue weighted by Crippen LogP contribution is 2.22. The fourth-order valence-electron chi connectivity index (χ4n) is 1.65. The number of ether oxygens (including phenoxy) is 1. The molecule has 0 fully saturated rings. The number of rotatable bonds is 5. The van der Waals surface area contributed by atoms with Crippen molar-refractivity contribution in [2.24, 2.45) is 0 Å². The molecule has 0 aliphatic rings. The smallest absolute Gasteiger partial charge is 0.341 e. The Labute approximate surface area is 118 Å². The van der Waals surface area contributed by atoms with Crippen LogP contribution in [0.5, 0.6) is 0 Å². The Morgan fingerprint density at radius 3 is 2.90 bits per heavy atom. The van der Waals surface area contributed by atoms with Crippen LogP contribution in [0.1, 0.15) is 16.1 Å². The van der Waals surface area contributed by atoms with E-state index in [4.69, 9.17) is 4.42 Å². The van der Waals surface area contributed by atoms with Gasteiger partial charge in [-0.3, -0.25) is 10.1 Å². The van der Waals surface area contributed by atoms with E-state index < -0.39 is 22.4 Å².